The van der Waals surface area contributed by atoms with Gasteiger partial charge in [-0.05, 0) is 24.1 Å². The van der Waals surface area contributed by atoms with Gasteiger partial charge in [0.1, 0.15) is 4.90 Å². The Labute approximate surface area is 124 Å². The Morgan fingerprint density at radius 3 is 2.48 bits per heavy atom. The van der Waals surface area contributed by atoms with Gasteiger partial charge in [0, 0.05) is 12.4 Å². The largest absolute Gasteiger partial charge is 0.273 e. The predicted molar refractivity (Wildman–Crippen MR) is 79.0 cm³/mol. The van der Waals surface area contributed by atoms with Crippen LogP contribution in [-0.4, -0.2) is 19.3 Å². The number of pyridine rings is 1. The van der Waals surface area contributed by atoms with Gasteiger partial charge in [-0.1, -0.05) is 37.3 Å². The Morgan fingerprint density at radius 2 is 1.90 bits per heavy atom. The normalized spacial score (nSPS) is 12.6. The van der Waals surface area contributed by atoms with Crippen molar-refractivity contribution in [1.82, 2.24) is 9.71 Å². The molecule has 1 amide bonds. The predicted octanol–water partition coefficient (Wildman–Crippen LogP) is 2.08. The summed E-state index contributed by atoms with van der Waals surface area (Å²) in [5.74, 6) is -1.04. The van der Waals surface area contributed by atoms with Crippen LogP contribution in [0.5, 0.6) is 0 Å². The van der Waals surface area contributed by atoms with Crippen LogP contribution in [0.4, 0.5) is 0 Å². The maximum absolute atomic E-state index is 12.3. The summed E-state index contributed by atoms with van der Waals surface area (Å²) < 4.78 is 26.4. The number of aromatic nitrogens is 1. The molecule has 1 heterocycles. The highest BCUT2D eigenvalue weighted by Gasteiger charge is 2.24. The quantitative estimate of drug-likeness (QED) is 0.917. The van der Waals surface area contributed by atoms with Gasteiger partial charge in [-0.3, -0.25) is 9.78 Å². The van der Waals surface area contributed by atoms with Crippen molar-refractivity contribution in [1.29, 1.82) is 0 Å². The number of nitrogens with zero attached hydrogens (tertiary/aromatic N) is 1. The second-order valence-electron chi connectivity index (χ2n) is 4.53. The standard InChI is InChI=1S/C15H16N2O3S/c1-2-14(12-7-4-3-5-8-12)15(18)17-21(19,20)13-9-6-10-16-11-13/h3-11,14H,2H2,1H3,(H,17,18)/t14-/m1/s1. The highest BCUT2D eigenvalue weighted by atomic mass is 32.2. The van der Waals surface area contributed by atoms with Crippen LogP contribution in [0, 0.1) is 0 Å². The molecule has 0 spiro atoms. The second kappa shape index (κ2) is 6.49. The first-order valence-electron chi connectivity index (χ1n) is 6.56. The molecule has 0 unspecified atom stereocenters. The van der Waals surface area contributed by atoms with Crippen molar-refractivity contribution in [2.45, 2.75) is 24.2 Å². The Kier molecular flexibility index (Phi) is 4.70. The Morgan fingerprint density at radius 1 is 1.19 bits per heavy atom. The summed E-state index contributed by atoms with van der Waals surface area (Å²) in [4.78, 5) is 16.0. The van der Waals surface area contributed by atoms with Crippen LogP contribution in [0.2, 0.25) is 0 Å². The molecule has 0 radical (unpaired) electrons. The third kappa shape index (κ3) is 3.66. The van der Waals surface area contributed by atoms with Crippen LogP contribution in [-0.2, 0) is 14.8 Å². The molecule has 5 nitrogen and oxygen atoms in total. The summed E-state index contributed by atoms with van der Waals surface area (Å²) >= 11 is 0. The maximum Gasteiger partial charge on any atom is 0.265 e. The molecule has 21 heavy (non-hydrogen) atoms. The summed E-state index contributed by atoms with van der Waals surface area (Å²) in [6.45, 7) is 1.84. The van der Waals surface area contributed by atoms with Crippen molar-refractivity contribution in [2.24, 2.45) is 0 Å². The van der Waals surface area contributed by atoms with Crippen molar-refractivity contribution in [3.63, 3.8) is 0 Å². The Bertz CT molecular complexity index is 700. The fourth-order valence-electron chi connectivity index (χ4n) is 2.03. The second-order valence-corrected chi connectivity index (χ2v) is 6.21. The van der Waals surface area contributed by atoms with Gasteiger partial charge < -0.3 is 0 Å². The third-order valence-electron chi connectivity index (χ3n) is 3.11. The topological polar surface area (TPSA) is 76.1 Å². The highest BCUT2D eigenvalue weighted by Crippen LogP contribution is 2.20. The SMILES string of the molecule is CC[C@@H](C(=O)NS(=O)(=O)c1cccnc1)c1ccccc1. The fraction of sp³-hybridized carbons (Fsp3) is 0.200. The van der Waals surface area contributed by atoms with E-state index in [1.54, 1.807) is 0 Å². The van der Waals surface area contributed by atoms with Gasteiger partial charge >= 0.3 is 0 Å². The van der Waals surface area contributed by atoms with Gasteiger partial charge in [0.25, 0.3) is 10.0 Å². The zero-order valence-electron chi connectivity index (χ0n) is 11.6. The lowest BCUT2D eigenvalue weighted by Crippen LogP contribution is -2.34. The zero-order valence-corrected chi connectivity index (χ0v) is 12.4. The van der Waals surface area contributed by atoms with Gasteiger partial charge in [0.15, 0.2) is 0 Å². The summed E-state index contributed by atoms with van der Waals surface area (Å²) in [6, 6.07) is 12.0. The minimum Gasteiger partial charge on any atom is -0.273 e. The van der Waals surface area contributed by atoms with Crippen LogP contribution >= 0.6 is 0 Å². The van der Waals surface area contributed by atoms with E-state index in [-0.39, 0.29) is 4.90 Å². The lowest BCUT2D eigenvalue weighted by atomic mass is 9.96. The van der Waals surface area contributed by atoms with E-state index >= 15 is 0 Å². The lowest BCUT2D eigenvalue weighted by Gasteiger charge is -2.15. The average molecular weight is 304 g/mol. The number of rotatable bonds is 5. The Balaban J connectivity index is 2.21. The van der Waals surface area contributed by atoms with E-state index in [9.17, 15) is 13.2 Å². The molecular weight excluding hydrogens is 288 g/mol. The zero-order chi connectivity index (χ0) is 15.3. The molecule has 0 aliphatic heterocycles. The molecule has 2 rings (SSSR count). The summed E-state index contributed by atoms with van der Waals surface area (Å²) in [6.07, 6.45) is 3.19. The molecule has 2 aromatic rings. The smallest absolute Gasteiger partial charge is 0.265 e. The fourth-order valence-corrected chi connectivity index (χ4v) is 3.01. The number of carbonyl (C=O) groups is 1. The van der Waals surface area contributed by atoms with Crippen molar-refractivity contribution in [3.8, 4) is 0 Å². The molecular formula is C15H16N2O3S. The van der Waals surface area contributed by atoms with E-state index < -0.39 is 21.8 Å². The number of hydrogen-bond acceptors (Lipinski definition) is 4. The number of sulfonamides is 1. The van der Waals surface area contributed by atoms with Crippen LogP contribution < -0.4 is 4.72 Å². The molecule has 6 heteroatoms. The lowest BCUT2D eigenvalue weighted by molar-refractivity contribution is -0.120. The van der Waals surface area contributed by atoms with E-state index in [0.717, 1.165) is 5.56 Å². The van der Waals surface area contributed by atoms with Crippen molar-refractivity contribution >= 4 is 15.9 Å². The number of benzene rings is 1. The van der Waals surface area contributed by atoms with Crippen molar-refractivity contribution in [2.75, 3.05) is 0 Å². The molecule has 110 valence electrons. The van der Waals surface area contributed by atoms with E-state index in [0.29, 0.717) is 6.42 Å². The molecule has 0 bridgehead atoms. The van der Waals surface area contributed by atoms with Crippen molar-refractivity contribution in [3.05, 3.63) is 60.4 Å². The van der Waals surface area contributed by atoms with Crippen LogP contribution in [0.25, 0.3) is 0 Å². The molecule has 1 aromatic heterocycles. The van der Waals surface area contributed by atoms with Gasteiger partial charge in [0.05, 0.1) is 5.92 Å². The number of amides is 1. The van der Waals surface area contributed by atoms with Crippen LogP contribution in [0.15, 0.2) is 59.8 Å². The van der Waals surface area contributed by atoms with E-state index in [1.807, 2.05) is 37.3 Å². The minimum atomic E-state index is -3.88. The highest BCUT2D eigenvalue weighted by molar-refractivity contribution is 7.90. The summed E-state index contributed by atoms with van der Waals surface area (Å²) in [5.41, 5.74) is 0.791. The average Bonchev–Trinajstić information content (AvgIpc) is 2.49. The van der Waals surface area contributed by atoms with E-state index in [4.69, 9.17) is 0 Å². The molecule has 0 aliphatic carbocycles. The minimum absolute atomic E-state index is 0.0266. The number of nitrogens with one attached hydrogen (secondary N) is 1. The molecule has 0 saturated carbocycles. The first-order chi connectivity index (χ1) is 10.0. The van der Waals surface area contributed by atoms with Gasteiger partial charge in [0.2, 0.25) is 5.91 Å². The van der Waals surface area contributed by atoms with Crippen LogP contribution in [0.1, 0.15) is 24.8 Å². The molecule has 1 aromatic carbocycles. The first-order valence-corrected chi connectivity index (χ1v) is 8.04. The summed E-state index contributed by atoms with van der Waals surface area (Å²) in [5, 5.41) is 0. The van der Waals surface area contributed by atoms with Gasteiger partial charge in [-0.25, -0.2) is 13.1 Å². The first kappa shape index (κ1) is 15.2. The molecule has 0 aliphatic rings. The van der Waals surface area contributed by atoms with E-state index in [1.165, 1.54) is 24.5 Å². The number of hydrogen-bond donors (Lipinski definition) is 1. The molecule has 0 fully saturated rings. The van der Waals surface area contributed by atoms with Crippen LogP contribution in [0.3, 0.4) is 0 Å². The Hall–Kier alpha value is -2.21. The monoisotopic (exact) mass is 304 g/mol. The molecule has 1 N–H and O–H groups in total. The van der Waals surface area contributed by atoms with Gasteiger partial charge in [-0.2, -0.15) is 0 Å². The molecule has 1 atom stereocenters. The van der Waals surface area contributed by atoms with Crippen molar-refractivity contribution < 1.29 is 13.2 Å². The van der Waals surface area contributed by atoms with Gasteiger partial charge in [-0.15, -0.1) is 0 Å². The number of carbonyl (C=O) groups excluding carboxylic acids is 1. The maximum atomic E-state index is 12.3. The molecule has 0 saturated heterocycles. The van der Waals surface area contributed by atoms with E-state index in [2.05, 4.69) is 9.71 Å². The third-order valence-corrected chi connectivity index (χ3v) is 4.44. The summed E-state index contributed by atoms with van der Waals surface area (Å²) in [7, 11) is -3.88.